The molecule has 2 aromatic carbocycles. The Morgan fingerprint density at radius 3 is 2.45 bits per heavy atom. The van der Waals surface area contributed by atoms with E-state index in [1.54, 1.807) is 51.1 Å². The molecule has 3 aromatic rings. The van der Waals surface area contributed by atoms with E-state index in [1.807, 2.05) is 11.6 Å². The van der Waals surface area contributed by atoms with Crippen molar-refractivity contribution in [1.29, 1.82) is 0 Å². The third kappa shape index (κ3) is 9.90. The molecule has 1 atom stereocenters. The molecule has 0 fully saturated rings. The zero-order valence-corrected chi connectivity index (χ0v) is 29.3. The summed E-state index contributed by atoms with van der Waals surface area (Å²) in [6.07, 6.45) is 1.15. The van der Waals surface area contributed by atoms with Crippen LogP contribution in [0.5, 0.6) is 5.75 Å². The number of carbonyl (C=O) groups is 2. The molecule has 0 bridgehead atoms. The first-order chi connectivity index (χ1) is 23.9. The van der Waals surface area contributed by atoms with E-state index in [2.05, 4.69) is 21.9 Å². The molecule has 2 N–H and O–H groups in total. The molecular formula is C36H38F3N5O6S. The number of carbonyl (C=O) groups excluding carboxylic acids is 2. The summed E-state index contributed by atoms with van der Waals surface area (Å²) >= 11 is 0. The number of nitrogens with zero attached hydrogens (tertiary/aromatic N) is 4. The highest BCUT2D eigenvalue weighted by Gasteiger charge is 2.36. The molecule has 270 valence electrons. The second-order valence-electron chi connectivity index (χ2n) is 12.3. The maximum absolute atomic E-state index is 13.5. The molecule has 51 heavy (non-hydrogen) atoms. The molecule has 11 nitrogen and oxygen atoms in total. The predicted molar refractivity (Wildman–Crippen MR) is 185 cm³/mol. The molecule has 1 unspecified atom stereocenters. The maximum Gasteiger partial charge on any atom is 0.435 e. The molecule has 0 spiro atoms. The molecule has 0 aliphatic heterocycles. The Morgan fingerprint density at radius 1 is 1.14 bits per heavy atom. The van der Waals surface area contributed by atoms with E-state index in [4.69, 9.17) is 4.74 Å². The second kappa shape index (κ2) is 15.7. The molecule has 0 saturated carbocycles. The topological polar surface area (TPSA) is 152 Å². The van der Waals surface area contributed by atoms with Crippen molar-refractivity contribution >= 4 is 27.6 Å². The zero-order valence-electron chi connectivity index (χ0n) is 28.4. The van der Waals surface area contributed by atoms with Crippen molar-refractivity contribution in [3.05, 3.63) is 113 Å². The van der Waals surface area contributed by atoms with Gasteiger partial charge in [0.15, 0.2) is 5.69 Å². The lowest BCUT2D eigenvalue weighted by Gasteiger charge is -2.23. The van der Waals surface area contributed by atoms with Gasteiger partial charge in [0.05, 0.1) is 28.0 Å². The Labute approximate surface area is 294 Å². The quantitative estimate of drug-likeness (QED) is 0.102. The number of aromatic hydroxyl groups is 1. The van der Waals surface area contributed by atoms with E-state index in [-0.39, 0.29) is 46.9 Å². The molecule has 1 aliphatic rings. The number of hydrogen-bond donors (Lipinski definition) is 2. The third-order valence-corrected chi connectivity index (χ3v) is 9.48. The number of amides is 1. The first-order valence-corrected chi connectivity index (χ1v) is 17.4. The lowest BCUT2D eigenvalue weighted by molar-refractivity contribution is -0.141. The number of phenolic OH excluding ortho intramolecular Hbond substituents is 1. The largest absolute Gasteiger partial charge is 0.507 e. The number of esters is 1. The lowest BCUT2D eigenvalue weighted by atomic mass is 10.1. The van der Waals surface area contributed by atoms with Crippen molar-refractivity contribution in [1.82, 2.24) is 14.5 Å². The predicted octanol–water partition coefficient (Wildman–Crippen LogP) is 8.47. The van der Waals surface area contributed by atoms with Gasteiger partial charge in [0.25, 0.3) is 10.0 Å². The van der Waals surface area contributed by atoms with Crippen molar-refractivity contribution < 1.29 is 41.0 Å². The van der Waals surface area contributed by atoms with Crippen LogP contribution in [0.25, 0.3) is 11.3 Å². The van der Waals surface area contributed by atoms with Gasteiger partial charge in [0, 0.05) is 6.42 Å². The van der Waals surface area contributed by atoms with Crippen LogP contribution in [0.4, 0.5) is 18.9 Å². The normalized spacial score (nSPS) is 15.7. The fourth-order valence-corrected chi connectivity index (χ4v) is 5.90. The van der Waals surface area contributed by atoms with Crippen molar-refractivity contribution in [3.63, 3.8) is 0 Å². The molecule has 0 saturated heterocycles. The van der Waals surface area contributed by atoms with E-state index < -0.39 is 45.4 Å². The van der Waals surface area contributed by atoms with E-state index in [1.165, 1.54) is 47.2 Å². The molecule has 4 rings (SSSR count). The van der Waals surface area contributed by atoms with Crippen molar-refractivity contribution in [2.75, 3.05) is 0 Å². The number of aromatic nitrogens is 2. The van der Waals surface area contributed by atoms with Crippen LogP contribution in [-0.2, 0) is 25.7 Å². The number of rotatable bonds is 13. The summed E-state index contributed by atoms with van der Waals surface area (Å²) in [4.78, 5) is 25.1. The summed E-state index contributed by atoms with van der Waals surface area (Å²) in [6.45, 7) is 10.7. The van der Waals surface area contributed by atoms with Gasteiger partial charge >= 0.3 is 12.1 Å². The molecule has 1 heterocycles. The molecule has 15 heteroatoms. The first-order valence-electron chi connectivity index (χ1n) is 15.9. The highest BCUT2D eigenvalue weighted by atomic mass is 32.2. The number of ether oxygens (including phenoxy) is 1. The smallest absolute Gasteiger partial charge is 0.435 e. The van der Waals surface area contributed by atoms with Crippen molar-refractivity contribution in [2.45, 2.75) is 71.2 Å². The van der Waals surface area contributed by atoms with Gasteiger partial charge in [-0.1, -0.05) is 56.0 Å². The van der Waals surface area contributed by atoms with Crippen LogP contribution in [0.2, 0.25) is 0 Å². The minimum absolute atomic E-state index is 0.00965. The Balaban J connectivity index is 1.40. The van der Waals surface area contributed by atoms with Crippen LogP contribution in [0.15, 0.2) is 112 Å². The number of halogens is 3. The van der Waals surface area contributed by atoms with Crippen molar-refractivity contribution in [2.24, 2.45) is 10.2 Å². The van der Waals surface area contributed by atoms with E-state index in [0.717, 1.165) is 6.07 Å². The van der Waals surface area contributed by atoms with Crippen LogP contribution >= 0.6 is 0 Å². The van der Waals surface area contributed by atoms with Gasteiger partial charge in [-0.2, -0.15) is 28.5 Å². The van der Waals surface area contributed by atoms with Gasteiger partial charge in [-0.05, 0) is 87.6 Å². The summed E-state index contributed by atoms with van der Waals surface area (Å²) in [5.41, 5.74) is -0.0513. The molecular weight excluding hydrogens is 687 g/mol. The molecule has 1 amide bonds. The number of benzene rings is 2. The van der Waals surface area contributed by atoms with Crippen LogP contribution in [0.1, 0.15) is 75.5 Å². The maximum atomic E-state index is 13.5. The highest BCUT2D eigenvalue weighted by molar-refractivity contribution is 7.94. The standard InChI is InChI=1S/C36H38F3N5O6S/c1-6-29(41-40-25-14-19-31(45)28(21-25)34(47)50-35(4,5)7-2)23(3)13-20-33(46)43-51(48,49)27-17-15-26(16-18-27)44-30(24-11-9-8-10-12-24)22-32(42-44)36(37,38)39/h6,8-12,14-15,17-19,21-22,26,45H,1,7,13,16,20H2,2-5H3,(H,43,46)/b29-23-,41-40?. The number of alkyl halides is 3. The fourth-order valence-electron chi connectivity index (χ4n) is 4.81. The number of azo groups is 1. The summed E-state index contributed by atoms with van der Waals surface area (Å²) in [7, 11) is -4.29. The Kier molecular flexibility index (Phi) is 11.9. The minimum Gasteiger partial charge on any atom is -0.507 e. The van der Waals surface area contributed by atoms with Gasteiger partial charge in [-0.3, -0.25) is 9.48 Å². The average molecular weight is 726 g/mol. The van der Waals surface area contributed by atoms with Gasteiger partial charge in [0.2, 0.25) is 5.91 Å². The fraction of sp³-hybridized carbons (Fsp3) is 0.306. The molecule has 1 aromatic heterocycles. The number of phenols is 1. The number of sulfonamides is 1. The van der Waals surface area contributed by atoms with E-state index >= 15 is 0 Å². The van der Waals surface area contributed by atoms with Crippen molar-refractivity contribution in [3.8, 4) is 17.0 Å². The highest BCUT2D eigenvalue weighted by Crippen LogP contribution is 2.35. The monoisotopic (exact) mass is 725 g/mol. The van der Waals surface area contributed by atoms with E-state index in [9.17, 15) is 36.3 Å². The van der Waals surface area contributed by atoms with Crippen LogP contribution in [-0.4, -0.2) is 40.8 Å². The summed E-state index contributed by atoms with van der Waals surface area (Å²) in [5.74, 6) is -1.80. The third-order valence-electron chi connectivity index (χ3n) is 8.06. The Hall–Kier alpha value is -5.31. The van der Waals surface area contributed by atoms with Gasteiger partial charge in [-0.15, -0.1) is 0 Å². The lowest BCUT2D eigenvalue weighted by Crippen LogP contribution is -2.31. The van der Waals surface area contributed by atoms with Gasteiger partial charge in [-0.25, -0.2) is 17.9 Å². The zero-order chi connectivity index (χ0) is 37.6. The Morgan fingerprint density at radius 2 is 1.84 bits per heavy atom. The number of allylic oxidation sites excluding steroid dienone is 5. The average Bonchev–Trinajstić information content (AvgIpc) is 3.55. The first kappa shape index (κ1) is 38.5. The van der Waals surface area contributed by atoms with Crippen LogP contribution in [0, 0.1) is 0 Å². The van der Waals surface area contributed by atoms with Crippen LogP contribution in [0.3, 0.4) is 0 Å². The Bertz CT molecular complexity index is 2030. The van der Waals surface area contributed by atoms with E-state index in [0.29, 0.717) is 23.3 Å². The summed E-state index contributed by atoms with van der Waals surface area (Å²) in [6, 6.07) is 12.7. The van der Waals surface area contributed by atoms with Gasteiger partial charge < -0.3 is 9.84 Å². The number of nitrogens with one attached hydrogen (secondary N) is 1. The number of hydrogen-bond acceptors (Lipinski definition) is 9. The summed E-state index contributed by atoms with van der Waals surface area (Å²) in [5, 5.41) is 22.2. The summed E-state index contributed by atoms with van der Waals surface area (Å²) < 4.78 is 75.3. The SMILES string of the molecule is C=C/C(N=Nc1ccc(O)c(C(=O)OC(C)(C)CC)c1)=C(\C)CCC(=O)NS(=O)(=O)C1=CCC(n2nc(C(F)(F)F)cc2-c2ccccc2)C=C1. The minimum atomic E-state index is -4.68. The second-order valence-corrected chi connectivity index (χ2v) is 14.0. The van der Waals surface area contributed by atoms with Crippen LogP contribution < -0.4 is 4.72 Å². The molecule has 1 aliphatic carbocycles. The molecule has 0 radical (unpaired) electrons. The van der Waals surface area contributed by atoms with Gasteiger partial charge in [0.1, 0.15) is 16.9 Å².